The highest BCUT2D eigenvalue weighted by Gasteiger charge is 2.65. The number of ether oxygens (including phenoxy) is 1. The third-order valence-corrected chi connectivity index (χ3v) is 7.06. The van der Waals surface area contributed by atoms with Gasteiger partial charge in [-0.25, -0.2) is 9.96 Å². The number of hydroxylamine groups is 1. The zero-order valence-corrected chi connectivity index (χ0v) is 18.4. The molecule has 0 spiro atoms. The summed E-state index contributed by atoms with van der Waals surface area (Å²) in [6, 6.07) is 18.3. The van der Waals surface area contributed by atoms with Gasteiger partial charge in [-0.3, -0.25) is 14.4 Å². The van der Waals surface area contributed by atoms with E-state index in [1.54, 1.807) is 17.2 Å². The average molecular weight is 433 g/mol. The van der Waals surface area contributed by atoms with Crippen LogP contribution in [0.15, 0.2) is 72.5 Å². The summed E-state index contributed by atoms with van der Waals surface area (Å²) in [4.78, 5) is 34.7. The van der Waals surface area contributed by atoms with E-state index in [-0.39, 0.29) is 11.8 Å². The minimum absolute atomic E-state index is 0.226. The minimum Gasteiger partial charge on any atom is -0.493 e. The first-order valence-corrected chi connectivity index (χ1v) is 11.4. The van der Waals surface area contributed by atoms with E-state index in [1.165, 1.54) is 10.5 Å². The standard InChI is InChI=1S/C26H28N2O4/c1-3-18-15-16-26(4-2,31-17-18)23-21-22(32-28(23)20-13-9-6-10-14-20)25(30)27(24(21)29)19-11-7-5-8-12-19/h5-14,17,21-23H,3-4,15-16H2,1-2H3/t21-,22+,23-,26-/m0/s1. The van der Waals surface area contributed by atoms with Crippen LogP contribution in [0, 0.1) is 5.92 Å². The molecular formula is C26H28N2O4. The van der Waals surface area contributed by atoms with E-state index in [9.17, 15) is 9.59 Å². The molecule has 4 atom stereocenters. The monoisotopic (exact) mass is 432 g/mol. The van der Waals surface area contributed by atoms with Gasteiger partial charge in [0.15, 0.2) is 6.10 Å². The van der Waals surface area contributed by atoms with Crippen molar-refractivity contribution in [2.75, 3.05) is 9.96 Å². The molecule has 0 saturated carbocycles. The molecule has 0 radical (unpaired) electrons. The summed E-state index contributed by atoms with van der Waals surface area (Å²) in [6.07, 6.45) is 4.32. The maximum atomic E-state index is 13.7. The number of carbonyl (C=O) groups is 2. The molecule has 2 amide bonds. The van der Waals surface area contributed by atoms with Gasteiger partial charge in [-0.1, -0.05) is 50.2 Å². The van der Waals surface area contributed by atoms with Crippen molar-refractivity contribution in [2.45, 2.75) is 57.3 Å². The second-order valence-electron chi connectivity index (χ2n) is 8.67. The number of anilines is 2. The molecule has 32 heavy (non-hydrogen) atoms. The molecule has 0 N–H and O–H groups in total. The fourth-order valence-electron chi connectivity index (χ4n) is 5.22. The molecule has 0 bridgehead atoms. The predicted molar refractivity (Wildman–Crippen MR) is 122 cm³/mol. The SMILES string of the molecule is CCC1=CO[C@](CC)([C@@H]2[C@H]3C(=O)N(c4ccccc4)C(=O)[C@@H]3ON2c2ccccc2)CC1. The van der Waals surface area contributed by atoms with Gasteiger partial charge >= 0.3 is 0 Å². The van der Waals surface area contributed by atoms with Gasteiger partial charge in [0.05, 0.1) is 17.6 Å². The van der Waals surface area contributed by atoms with Crippen molar-refractivity contribution in [2.24, 2.45) is 5.92 Å². The lowest BCUT2D eigenvalue weighted by Gasteiger charge is -2.45. The zero-order valence-electron chi connectivity index (χ0n) is 18.4. The van der Waals surface area contributed by atoms with Crippen LogP contribution in [0.1, 0.15) is 39.5 Å². The van der Waals surface area contributed by atoms with E-state index in [4.69, 9.17) is 9.57 Å². The molecule has 0 aromatic heterocycles. The quantitative estimate of drug-likeness (QED) is 0.646. The normalized spacial score (nSPS) is 29.7. The van der Waals surface area contributed by atoms with Crippen LogP contribution in [0.3, 0.4) is 0 Å². The number of allylic oxidation sites excluding steroid dienone is 1. The summed E-state index contributed by atoms with van der Waals surface area (Å²) in [6.45, 7) is 4.20. The van der Waals surface area contributed by atoms with Crippen LogP contribution in [-0.4, -0.2) is 29.6 Å². The van der Waals surface area contributed by atoms with Crippen LogP contribution in [-0.2, 0) is 19.2 Å². The number of hydrogen-bond acceptors (Lipinski definition) is 5. The van der Waals surface area contributed by atoms with E-state index >= 15 is 0 Å². The van der Waals surface area contributed by atoms with Crippen molar-refractivity contribution in [1.82, 2.24) is 0 Å². The highest BCUT2D eigenvalue weighted by Crippen LogP contribution is 2.48. The fourth-order valence-corrected chi connectivity index (χ4v) is 5.22. The molecule has 2 saturated heterocycles. The molecule has 5 rings (SSSR count). The number of para-hydroxylation sites is 2. The lowest BCUT2D eigenvalue weighted by molar-refractivity contribution is -0.127. The van der Waals surface area contributed by atoms with Gasteiger partial charge < -0.3 is 4.74 Å². The number of amides is 2. The van der Waals surface area contributed by atoms with Crippen molar-refractivity contribution in [1.29, 1.82) is 0 Å². The van der Waals surface area contributed by atoms with Gasteiger partial charge in [-0.05, 0) is 55.5 Å². The number of hydrogen-bond donors (Lipinski definition) is 0. The summed E-state index contributed by atoms with van der Waals surface area (Å²) in [5.74, 6) is -1.18. The van der Waals surface area contributed by atoms with E-state index in [0.29, 0.717) is 12.1 Å². The Morgan fingerprint density at radius 2 is 1.59 bits per heavy atom. The Bertz CT molecular complexity index is 1040. The summed E-state index contributed by atoms with van der Waals surface area (Å²) in [5, 5.41) is 1.77. The first-order valence-electron chi connectivity index (χ1n) is 11.4. The van der Waals surface area contributed by atoms with Crippen LogP contribution >= 0.6 is 0 Å². The Balaban J connectivity index is 1.58. The summed E-state index contributed by atoms with van der Waals surface area (Å²) >= 11 is 0. The number of benzene rings is 2. The molecule has 2 fully saturated rings. The zero-order chi connectivity index (χ0) is 22.3. The lowest BCUT2D eigenvalue weighted by atomic mass is 9.76. The largest absolute Gasteiger partial charge is 0.493 e. The Hall–Kier alpha value is -3.12. The first kappa shape index (κ1) is 20.8. The maximum Gasteiger partial charge on any atom is 0.266 e. The van der Waals surface area contributed by atoms with Crippen molar-refractivity contribution < 1.29 is 19.2 Å². The number of imide groups is 1. The molecule has 2 aromatic rings. The van der Waals surface area contributed by atoms with Gasteiger partial charge in [0.25, 0.3) is 5.91 Å². The Morgan fingerprint density at radius 1 is 0.938 bits per heavy atom. The first-order chi connectivity index (χ1) is 15.6. The van der Waals surface area contributed by atoms with E-state index in [0.717, 1.165) is 24.9 Å². The number of fused-ring (bicyclic) bond motifs is 1. The topological polar surface area (TPSA) is 59.1 Å². The Morgan fingerprint density at radius 3 is 2.16 bits per heavy atom. The molecule has 0 unspecified atom stereocenters. The minimum atomic E-state index is -0.864. The number of rotatable bonds is 5. The van der Waals surface area contributed by atoms with Crippen molar-refractivity contribution in [3.63, 3.8) is 0 Å². The van der Waals surface area contributed by atoms with Crippen LogP contribution in [0.5, 0.6) is 0 Å². The number of nitrogens with zero attached hydrogens (tertiary/aromatic N) is 2. The van der Waals surface area contributed by atoms with Crippen molar-refractivity contribution in [3.05, 3.63) is 72.5 Å². The van der Waals surface area contributed by atoms with Gasteiger partial charge in [-0.2, -0.15) is 0 Å². The lowest BCUT2D eigenvalue weighted by Crippen LogP contribution is -2.56. The fraction of sp³-hybridized carbons (Fsp3) is 0.385. The third-order valence-electron chi connectivity index (χ3n) is 7.06. The van der Waals surface area contributed by atoms with Gasteiger partial charge in [0.1, 0.15) is 17.6 Å². The molecule has 6 nitrogen and oxygen atoms in total. The van der Waals surface area contributed by atoms with Crippen LogP contribution in [0.4, 0.5) is 11.4 Å². The summed E-state index contributed by atoms with van der Waals surface area (Å²) in [7, 11) is 0. The van der Waals surface area contributed by atoms with Gasteiger partial charge in [0.2, 0.25) is 5.91 Å². The second-order valence-corrected chi connectivity index (χ2v) is 8.67. The van der Waals surface area contributed by atoms with Crippen LogP contribution in [0.2, 0.25) is 0 Å². The van der Waals surface area contributed by atoms with Gasteiger partial charge in [-0.15, -0.1) is 0 Å². The molecular weight excluding hydrogens is 404 g/mol. The van der Waals surface area contributed by atoms with Crippen molar-refractivity contribution >= 4 is 23.2 Å². The molecule has 6 heteroatoms. The Kier molecular flexibility index (Phi) is 5.25. The maximum absolute atomic E-state index is 13.7. The molecule has 3 heterocycles. The second kappa shape index (κ2) is 8.10. The smallest absolute Gasteiger partial charge is 0.266 e. The van der Waals surface area contributed by atoms with E-state index < -0.39 is 23.7 Å². The summed E-state index contributed by atoms with van der Waals surface area (Å²) < 4.78 is 6.42. The van der Waals surface area contributed by atoms with Gasteiger partial charge in [0, 0.05) is 0 Å². The molecule has 0 aliphatic carbocycles. The van der Waals surface area contributed by atoms with Crippen LogP contribution in [0.25, 0.3) is 0 Å². The molecule has 166 valence electrons. The molecule has 2 aromatic carbocycles. The molecule has 3 aliphatic rings. The van der Waals surface area contributed by atoms with Crippen molar-refractivity contribution in [3.8, 4) is 0 Å². The number of carbonyl (C=O) groups excluding carboxylic acids is 2. The Labute approximate surface area is 188 Å². The highest BCUT2D eigenvalue weighted by molar-refractivity contribution is 6.24. The predicted octanol–water partition coefficient (Wildman–Crippen LogP) is 4.62. The van der Waals surface area contributed by atoms with E-state index in [1.807, 2.05) is 54.8 Å². The highest BCUT2D eigenvalue weighted by atomic mass is 16.7. The third kappa shape index (κ3) is 3.13. The molecule has 3 aliphatic heterocycles. The van der Waals surface area contributed by atoms with E-state index in [2.05, 4.69) is 13.8 Å². The van der Waals surface area contributed by atoms with Crippen LogP contribution < -0.4 is 9.96 Å². The summed E-state index contributed by atoms with van der Waals surface area (Å²) in [5.41, 5.74) is 2.03. The average Bonchev–Trinajstić information content (AvgIpc) is 3.36.